The fourth-order valence-electron chi connectivity index (χ4n) is 2.83. The molecule has 0 heterocycles. The molecule has 0 fully saturated rings. The number of hydrogen-bond acceptors (Lipinski definition) is 1. The summed E-state index contributed by atoms with van der Waals surface area (Å²) in [5.74, 6) is 0. The lowest BCUT2D eigenvalue weighted by molar-refractivity contribution is 0.660. The minimum atomic E-state index is 0.152. The number of fused-ring (bicyclic) bond motifs is 3. The monoisotopic (exact) mass is 256 g/mol. The summed E-state index contributed by atoms with van der Waals surface area (Å²) in [6, 6.07) is 15.6. The van der Waals surface area contributed by atoms with E-state index >= 15 is 0 Å². The third-order valence-corrected chi connectivity index (χ3v) is 3.74. The van der Waals surface area contributed by atoms with E-state index in [0.29, 0.717) is 0 Å². The SMILES string of the molecule is CS.Cc1ccc2c(c1)-c1ccccc1C2(C)C. The van der Waals surface area contributed by atoms with Crippen LogP contribution in [0.1, 0.15) is 30.5 Å². The molecule has 0 saturated carbocycles. The Kier molecular flexibility index (Phi) is 3.54. The normalized spacial score (nSPS) is 14.3. The van der Waals surface area contributed by atoms with Gasteiger partial charge in [0, 0.05) is 5.41 Å². The Morgan fingerprint density at radius 3 is 2.17 bits per heavy atom. The van der Waals surface area contributed by atoms with Gasteiger partial charge in [-0.25, -0.2) is 0 Å². The molecule has 1 heteroatoms. The molecule has 94 valence electrons. The van der Waals surface area contributed by atoms with Crippen LogP contribution in [0.5, 0.6) is 0 Å². The zero-order valence-electron chi connectivity index (χ0n) is 11.5. The predicted octanol–water partition coefficient (Wildman–Crippen LogP) is 4.85. The van der Waals surface area contributed by atoms with Gasteiger partial charge in [-0.3, -0.25) is 0 Å². The van der Waals surface area contributed by atoms with E-state index in [1.165, 1.54) is 27.8 Å². The lowest BCUT2D eigenvalue weighted by atomic mass is 9.82. The Morgan fingerprint density at radius 1 is 0.833 bits per heavy atom. The van der Waals surface area contributed by atoms with Crippen molar-refractivity contribution in [2.45, 2.75) is 26.2 Å². The minimum Gasteiger partial charge on any atom is -0.183 e. The van der Waals surface area contributed by atoms with Crippen LogP contribution in [-0.2, 0) is 5.41 Å². The third-order valence-electron chi connectivity index (χ3n) is 3.74. The summed E-state index contributed by atoms with van der Waals surface area (Å²) >= 11 is 3.53. The van der Waals surface area contributed by atoms with Gasteiger partial charge < -0.3 is 0 Å². The van der Waals surface area contributed by atoms with E-state index in [2.05, 4.69) is 75.9 Å². The number of thiol groups is 1. The van der Waals surface area contributed by atoms with Crippen molar-refractivity contribution in [1.29, 1.82) is 0 Å². The van der Waals surface area contributed by atoms with E-state index < -0.39 is 0 Å². The first-order chi connectivity index (χ1) is 8.60. The van der Waals surface area contributed by atoms with E-state index in [4.69, 9.17) is 0 Å². The van der Waals surface area contributed by atoms with Crippen LogP contribution in [-0.4, -0.2) is 6.26 Å². The van der Waals surface area contributed by atoms with Crippen molar-refractivity contribution in [3.63, 3.8) is 0 Å². The molecule has 2 aromatic carbocycles. The highest BCUT2D eigenvalue weighted by Gasteiger charge is 2.34. The Balaban J connectivity index is 0.000000574. The van der Waals surface area contributed by atoms with Crippen LogP contribution in [0.4, 0.5) is 0 Å². The second-order valence-electron chi connectivity index (χ2n) is 5.22. The molecule has 0 nitrogen and oxygen atoms in total. The second-order valence-corrected chi connectivity index (χ2v) is 5.22. The Hall–Kier alpha value is -1.21. The number of benzene rings is 2. The van der Waals surface area contributed by atoms with E-state index in [9.17, 15) is 0 Å². The zero-order valence-corrected chi connectivity index (χ0v) is 12.4. The lowest BCUT2D eigenvalue weighted by Crippen LogP contribution is -2.14. The highest BCUT2D eigenvalue weighted by molar-refractivity contribution is 7.79. The van der Waals surface area contributed by atoms with Gasteiger partial charge in [-0.05, 0) is 35.4 Å². The summed E-state index contributed by atoms with van der Waals surface area (Å²) in [5, 5.41) is 0. The van der Waals surface area contributed by atoms with Crippen LogP contribution in [0.2, 0.25) is 0 Å². The minimum absolute atomic E-state index is 0.152. The van der Waals surface area contributed by atoms with Gasteiger partial charge in [0.05, 0.1) is 0 Å². The molecule has 0 aliphatic heterocycles. The average molecular weight is 256 g/mol. The molecule has 2 aromatic rings. The highest BCUT2D eigenvalue weighted by Crippen LogP contribution is 2.48. The first kappa shape index (κ1) is 13.2. The standard InChI is InChI=1S/C16H16.CH4S/c1-11-8-9-15-13(10-11)12-6-4-5-7-14(12)16(15,2)3;1-2/h4-10H,1-3H3;2H,1H3. The summed E-state index contributed by atoms with van der Waals surface area (Å²) in [6.45, 7) is 6.79. The van der Waals surface area contributed by atoms with Gasteiger partial charge in [0.2, 0.25) is 0 Å². The van der Waals surface area contributed by atoms with E-state index in [1.807, 2.05) is 0 Å². The van der Waals surface area contributed by atoms with Gasteiger partial charge in [0.15, 0.2) is 0 Å². The summed E-state index contributed by atoms with van der Waals surface area (Å²) < 4.78 is 0. The third kappa shape index (κ3) is 1.87. The van der Waals surface area contributed by atoms with E-state index in [0.717, 1.165) is 0 Å². The molecule has 1 aliphatic carbocycles. The Labute approximate surface area is 115 Å². The number of aryl methyl sites for hydroxylation is 1. The van der Waals surface area contributed by atoms with Gasteiger partial charge in [-0.1, -0.05) is 61.9 Å². The molecule has 1 aliphatic rings. The summed E-state index contributed by atoms with van der Waals surface area (Å²) in [7, 11) is 0. The number of rotatable bonds is 0. The molecule has 0 bridgehead atoms. The fraction of sp³-hybridized carbons (Fsp3) is 0.294. The van der Waals surface area contributed by atoms with Gasteiger partial charge in [-0.2, -0.15) is 12.6 Å². The van der Waals surface area contributed by atoms with Crippen LogP contribution in [0.15, 0.2) is 42.5 Å². The van der Waals surface area contributed by atoms with Crippen LogP contribution < -0.4 is 0 Å². The highest BCUT2D eigenvalue weighted by atomic mass is 32.1. The van der Waals surface area contributed by atoms with Crippen LogP contribution in [0.25, 0.3) is 11.1 Å². The maximum Gasteiger partial charge on any atom is 0.0158 e. The Morgan fingerprint density at radius 2 is 1.44 bits per heavy atom. The first-order valence-electron chi connectivity index (χ1n) is 6.26. The summed E-state index contributed by atoms with van der Waals surface area (Å²) in [6.07, 6.45) is 1.69. The van der Waals surface area contributed by atoms with E-state index in [1.54, 1.807) is 6.26 Å². The fourth-order valence-corrected chi connectivity index (χ4v) is 2.83. The molecule has 0 saturated heterocycles. The lowest BCUT2D eigenvalue weighted by Gasteiger charge is -2.21. The predicted molar refractivity (Wildman–Crippen MR) is 83.7 cm³/mol. The van der Waals surface area contributed by atoms with Crippen molar-refractivity contribution in [2.24, 2.45) is 0 Å². The molecule has 0 N–H and O–H groups in total. The molecule has 0 aromatic heterocycles. The smallest absolute Gasteiger partial charge is 0.0158 e. The van der Waals surface area contributed by atoms with Gasteiger partial charge in [-0.15, -0.1) is 0 Å². The molecule has 3 rings (SSSR count). The molecule has 0 amide bonds. The first-order valence-corrected chi connectivity index (χ1v) is 7.16. The van der Waals surface area contributed by atoms with Gasteiger partial charge in [0.1, 0.15) is 0 Å². The molecule has 18 heavy (non-hydrogen) atoms. The number of hydrogen-bond donors (Lipinski definition) is 1. The maximum atomic E-state index is 3.53. The molecule has 0 radical (unpaired) electrons. The summed E-state index contributed by atoms with van der Waals surface area (Å²) in [4.78, 5) is 0. The largest absolute Gasteiger partial charge is 0.183 e. The van der Waals surface area contributed by atoms with E-state index in [-0.39, 0.29) is 5.41 Å². The second kappa shape index (κ2) is 4.81. The summed E-state index contributed by atoms with van der Waals surface area (Å²) in [5.41, 5.74) is 7.23. The topological polar surface area (TPSA) is 0 Å². The molecular weight excluding hydrogens is 236 g/mol. The molecule has 0 spiro atoms. The molecular formula is C17H20S. The van der Waals surface area contributed by atoms with Crippen molar-refractivity contribution in [1.82, 2.24) is 0 Å². The van der Waals surface area contributed by atoms with Crippen LogP contribution in [0.3, 0.4) is 0 Å². The average Bonchev–Trinajstić information content (AvgIpc) is 2.61. The van der Waals surface area contributed by atoms with Gasteiger partial charge >= 0.3 is 0 Å². The maximum absolute atomic E-state index is 3.53. The Bertz CT molecular complexity index is 568. The van der Waals surface area contributed by atoms with Crippen LogP contribution in [0, 0.1) is 6.92 Å². The van der Waals surface area contributed by atoms with Crippen molar-refractivity contribution >= 4 is 12.6 Å². The van der Waals surface area contributed by atoms with Crippen LogP contribution >= 0.6 is 12.6 Å². The van der Waals surface area contributed by atoms with Crippen molar-refractivity contribution in [2.75, 3.05) is 6.26 Å². The quantitative estimate of drug-likeness (QED) is 0.640. The molecule has 0 atom stereocenters. The zero-order chi connectivity index (χ0) is 13.3. The van der Waals surface area contributed by atoms with Crippen molar-refractivity contribution in [3.8, 4) is 11.1 Å². The molecule has 0 unspecified atom stereocenters. The van der Waals surface area contributed by atoms with Crippen molar-refractivity contribution in [3.05, 3.63) is 59.2 Å². The van der Waals surface area contributed by atoms with Gasteiger partial charge in [0.25, 0.3) is 0 Å². The van der Waals surface area contributed by atoms with Crippen molar-refractivity contribution < 1.29 is 0 Å².